The van der Waals surface area contributed by atoms with Crippen LogP contribution < -0.4 is 11.2 Å². The number of rotatable bonds is 6. The van der Waals surface area contributed by atoms with Crippen molar-refractivity contribution in [3.8, 4) is 0 Å². The number of carbonyl (C=O) groups is 3. The number of imide groups is 1. The summed E-state index contributed by atoms with van der Waals surface area (Å²) >= 11 is 0. The van der Waals surface area contributed by atoms with E-state index in [1.807, 2.05) is 0 Å². The smallest absolute Gasteiger partial charge is 0.357 e. The van der Waals surface area contributed by atoms with Crippen molar-refractivity contribution in [2.45, 2.75) is 32.9 Å². The summed E-state index contributed by atoms with van der Waals surface area (Å²) in [6.45, 7) is 3.85. The van der Waals surface area contributed by atoms with Crippen LogP contribution in [0, 0.1) is 0 Å². The largest absolute Gasteiger partial charge is 0.433 e. The summed E-state index contributed by atoms with van der Waals surface area (Å²) < 4.78 is 38.2. The highest BCUT2D eigenvalue weighted by Crippen LogP contribution is 2.30. The van der Waals surface area contributed by atoms with Crippen LogP contribution in [0.4, 0.5) is 13.2 Å². The Morgan fingerprint density at radius 2 is 1.94 bits per heavy atom. The Labute approximate surface area is 199 Å². The minimum atomic E-state index is -4.56. The molecule has 0 radical (unpaired) electrons. The van der Waals surface area contributed by atoms with Gasteiger partial charge in [0.2, 0.25) is 5.91 Å². The van der Waals surface area contributed by atoms with E-state index in [2.05, 4.69) is 15.4 Å². The number of nitrogens with one attached hydrogen (secondary N) is 1. The van der Waals surface area contributed by atoms with Gasteiger partial charge < -0.3 is 16.1 Å². The number of hydrogen-bond donors (Lipinski definition) is 2. The number of carbonyl (C=O) groups excluding carboxylic acids is 3. The maximum absolute atomic E-state index is 12.8. The number of nitrogens with two attached hydrogens (primary N) is 1. The summed E-state index contributed by atoms with van der Waals surface area (Å²) in [4.78, 5) is 43.5. The molecule has 0 atom stereocenters. The molecule has 2 aliphatic heterocycles. The Balaban J connectivity index is 1.71. The van der Waals surface area contributed by atoms with Gasteiger partial charge in [-0.2, -0.15) is 18.3 Å². The summed E-state index contributed by atoms with van der Waals surface area (Å²) in [5.41, 5.74) is 1.23. The number of likely N-dealkylation sites (N-methyl/N-ethyl adjacent to an activating group) is 1. The quantitative estimate of drug-likeness (QED) is 0.207. The van der Waals surface area contributed by atoms with Crippen LogP contribution in [-0.2, 0) is 20.6 Å². The molecule has 3 rings (SSSR count). The van der Waals surface area contributed by atoms with Gasteiger partial charge in [0.05, 0.1) is 12.3 Å². The molecule has 3 heterocycles. The molecular formula is C23H25F3N6O3. The third-order valence-electron chi connectivity index (χ3n) is 5.57. The van der Waals surface area contributed by atoms with Gasteiger partial charge in [0.25, 0.3) is 11.8 Å². The van der Waals surface area contributed by atoms with Gasteiger partial charge in [-0.3, -0.25) is 24.3 Å². The van der Waals surface area contributed by atoms with Crippen molar-refractivity contribution in [1.29, 1.82) is 0 Å². The molecule has 0 saturated carbocycles. The SMILES string of the molecule is CC(C)=C(/C=C\C(=N/N)c1ccc(C(F)(F)F)nc1)NC(=O)CN1CCCC2=C1C(=O)N(C)C2=O. The highest BCUT2D eigenvalue weighted by molar-refractivity contribution is 6.19. The number of pyridine rings is 1. The van der Waals surface area contributed by atoms with Crippen LogP contribution in [0.1, 0.15) is 37.9 Å². The van der Waals surface area contributed by atoms with E-state index in [-0.39, 0.29) is 29.4 Å². The standard InChI is InChI=1S/C23H25F3N6O3/c1-13(2)16(7-8-17(30-27)14-6-9-18(28-11-14)23(24,25)26)29-19(33)12-32-10-4-5-15-20(32)22(35)31(3)21(15)34/h6-9,11H,4-5,10,12,27H2,1-3H3,(H,29,33)/b8-7-,30-17+. The first-order chi connectivity index (χ1) is 16.4. The zero-order chi connectivity index (χ0) is 25.9. The number of hydrazone groups is 1. The summed E-state index contributed by atoms with van der Waals surface area (Å²) in [5.74, 6) is 4.24. The molecule has 3 amide bonds. The molecule has 35 heavy (non-hydrogen) atoms. The van der Waals surface area contributed by atoms with Gasteiger partial charge in [-0.05, 0) is 51.0 Å². The van der Waals surface area contributed by atoms with E-state index >= 15 is 0 Å². The van der Waals surface area contributed by atoms with Crippen molar-refractivity contribution >= 4 is 23.4 Å². The molecule has 0 unspecified atom stereocenters. The lowest BCUT2D eigenvalue weighted by atomic mass is 10.0. The zero-order valence-corrected chi connectivity index (χ0v) is 19.4. The van der Waals surface area contributed by atoms with E-state index in [9.17, 15) is 27.6 Å². The molecule has 0 bridgehead atoms. The minimum absolute atomic E-state index is 0.128. The molecule has 0 aliphatic carbocycles. The van der Waals surface area contributed by atoms with Gasteiger partial charge in [-0.1, -0.05) is 5.57 Å². The second-order valence-electron chi connectivity index (χ2n) is 8.26. The molecule has 0 fully saturated rings. The molecule has 1 aromatic rings. The highest BCUT2D eigenvalue weighted by Gasteiger charge is 2.40. The van der Waals surface area contributed by atoms with Gasteiger partial charge >= 0.3 is 6.18 Å². The maximum atomic E-state index is 12.8. The van der Waals surface area contributed by atoms with E-state index in [0.29, 0.717) is 30.7 Å². The average Bonchev–Trinajstić information content (AvgIpc) is 3.03. The second kappa shape index (κ2) is 10.1. The first-order valence-electron chi connectivity index (χ1n) is 10.7. The fraction of sp³-hybridized carbons (Fsp3) is 0.348. The van der Waals surface area contributed by atoms with E-state index < -0.39 is 23.7 Å². The van der Waals surface area contributed by atoms with Crippen LogP contribution >= 0.6 is 0 Å². The molecule has 0 spiro atoms. The third-order valence-corrected chi connectivity index (χ3v) is 5.57. The first kappa shape index (κ1) is 25.7. The van der Waals surface area contributed by atoms with E-state index in [4.69, 9.17) is 5.84 Å². The Kier molecular flexibility index (Phi) is 7.42. The molecule has 3 N–H and O–H groups in total. The maximum Gasteiger partial charge on any atom is 0.433 e. The lowest BCUT2D eigenvalue weighted by Crippen LogP contribution is -2.40. The summed E-state index contributed by atoms with van der Waals surface area (Å²) in [5, 5.41) is 6.36. The lowest BCUT2D eigenvalue weighted by Gasteiger charge is -2.28. The van der Waals surface area contributed by atoms with E-state index in [0.717, 1.165) is 22.7 Å². The van der Waals surface area contributed by atoms with Gasteiger partial charge in [-0.25, -0.2) is 0 Å². The Morgan fingerprint density at radius 1 is 1.23 bits per heavy atom. The first-order valence-corrected chi connectivity index (χ1v) is 10.7. The number of alkyl halides is 3. The van der Waals surface area contributed by atoms with Gasteiger partial charge in [-0.15, -0.1) is 0 Å². The number of hydrogen-bond acceptors (Lipinski definition) is 7. The Hall–Kier alpha value is -3.96. The highest BCUT2D eigenvalue weighted by atomic mass is 19.4. The normalized spacial score (nSPS) is 16.8. The van der Waals surface area contributed by atoms with Crippen LogP contribution in [0.25, 0.3) is 0 Å². The van der Waals surface area contributed by atoms with E-state index in [1.165, 1.54) is 25.3 Å². The van der Waals surface area contributed by atoms with Crippen molar-refractivity contribution in [2.24, 2.45) is 10.9 Å². The monoisotopic (exact) mass is 490 g/mol. The number of nitrogens with zero attached hydrogens (tertiary/aromatic N) is 4. The Bertz CT molecular complexity index is 1160. The fourth-order valence-electron chi connectivity index (χ4n) is 3.74. The van der Waals surface area contributed by atoms with Gasteiger partial charge in [0.1, 0.15) is 11.4 Å². The summed E-state index contributed by atoms with van der Waals surface area (Å²) in [6.07, 6.45) is 0.553. The number of halogens is 3. The topological polar surface area (TPSA) is 121 Å². The van der Waals surface area contributed by atoms with Crippen LogP contribution in [-0.4, -0.2) is 58.4 Å². The molecular weight excluding hydrogens is 465 g/mol. The van der Waals surface area contributed by atoms with Crippen molar-refractivity contribution in [3.05, 3.63) is 64.3 Å². The van der Waals surface area contributed by atoms with Crippen LogP contribution in [0.5, 0.6) is 0 Å². The van der Waals surface area contributed by atoms with Crippen LogP contribution in [0.3, 0.4) is 0 Å². The van der Waals surface area contributed by atoms with Crippen molar-refractivity contribution in [1.82, 2.24) is 20.1 Å². The number of allylic oxidation sites excluding steroid dienone is 3. The second-order valence-corrected chi connectivity index (χ2v) is 8.26. The van der Waals surface area contributed by atoms with E-state index in [1.54, 1.807) is 18.7 Å². The minimum Gasteiger partial charge on any atom is -0.357 e. The van der Waals surface area contributed by atoms with Gasteiger partial charge in [0, 0.05) is 36.6 Å². The molecule has 2 aliphatic rings. The van der Waals surface area contributed by atoms with Crippen LogP contribution in [0.2, 0.25) is 0 Å². The molecule has 12 heteroatoms. The zero-order valence-electron chi connectivity index (χ0n) is 19.4. The van der Waals surface area contributed by atoms with Crippen molar-refractivity contribution in [2.75, 3.05) is 20.1 Å². The average molecular weight is 490 g/mol. The predicted octanol–water partition coefficient (Wildman–Crippen LogP) is 2.08. The summed E-state index contributed by atoms with van der Waals surface area (Å²) in [7, 11) is 1.41. The summed E-state index contributed by atoms with van der Waals surface area (Å²) in [6, 6.07) is 2.03. The third kappa shape index (κ3) is 5.58. The molecule has 0 saturated heterocycles. The molecule has 9 nitrogen and oxygen atoms in total. The molecule has 186 valence electrons. The molecule has 1 aromatic heterocycles. The van der Waals surface area contributed by atoms with Crippen molar-refractivity contribution in [3.63, 3.8) is 0 Å². The molecule has 0 aromatic carbocycles. The Morgan fingerprint density at radius 3 is 2.51 bits per heavy atom. The fourth-order valence-corrected chi connectivity index (χ4v) is 3.74. The van der Waals surface area contributed by atoms with Gasteiger partial charge in [0.15, 0.2) is 0 Å². The number of amides is 3. The predicted molar refractivity (Wildman–Crippen MR) is 121 cm³/mol. The van der Waals surface area contributed by atoms with Crippen LogP contribution in [0.15, 0.2) is 58.1 Å². The van der Waals surface area contributed by atoms with Crippen molar-refractivity contribution < 1.29 is 27.6 Å². The number of aromatic nitrogens is 1. The lowest BCUT2D eigenvalue weighted by molar-refractivity contribution is -0.141.